The number of nitrogens with one attached hydrogen (secondary N) is 1. The third kappa shape index (κ3) is 4.54. The van der Waals surface area contributed by atoms with Gasteiger partial charge in [-0.1, -0.05) is 0 Å². The summed E-state index contributed by atoms with van der Waals surface area (Å²) in [5.74, 6) is 0. The van der Waals surface area contributed by atoms with E-state index >= 15 is 0 Å². The van der Waals surface area contributed by atoms with Gasteiger partial charge in [0.25, 0.3) is 5.69 Å². The molecule has 12 heteroatoms. The number of anilines is 1. The minimum atomic E-state index is -4.10. The van der Waals surface area contributed by atoms with Crippen LogP contribution in [0.25, 0.3) is 0 Å². The highest BCUT2D eigenvalue weighted by molar-refractivity contribution is 7.89. The minimum Gasteiger partial charge on any atom is -0.465 e. The Morgan fingerprint density at radius 2 is 2.04 bits per heavy atom. The third-order valence-corrected chi connectivity index (χ3v) is 4.93. The van der Waals surface area contributed by atoms with E-state index in [1.54, 1.807) is 0 Å². The van der Waals surface area contributed by atoms with Crippen molar-refractivity contribution in [2.24, 2.45) is 5.14 Å². The number of nitrogens with zero attached hydrogens (tertiary/aromatic N) is 2. The molecule has 25 heavy (non-hydrogen) atoms. The Bertz CT molecular complexity index is 792. The van der Waals surface area contributed by atoms with Crippen LogP contribution in [0.4, 0.5) is 20.6 Å². The molecule has 1 aromatic carbocycles. The van der Waals surface area contributed by atoms with Gasteiger partial charge in [-0.05, 0) is 12.1 Å². The first-order valence-corrected chi connectivity index (χ1v) is 8.78. The number of nitro groups is 1. The number of alkyl halides is 1. The van der Waals surface area contributed by atoms with E-state index in [0.717, 1.165) is 23.1 Å². The van der Waals surface area contributed by atoms with E-state index < -0.39 is 37.3 Å². The van der Waals surface area contributed by atoms with Crippen LogP contribution in [0.1, 0.15) is 12.8 Å². The first-order valence-electron chi connectivity index (χ1n) is 7.24. The largest absolute Gasteiger partial charge is 0.465 e. The van der Waals surface area contributed by atoms with Crippen molar-refractivity contribution in [1.29, 1.82) is 0 Å². The molecule has 1 aromatic rings. The molecule has 1 amide bonds. The highest BCUT2D eigenvalue weighted by Gasteiger charge is 2.36. The van der Waals surface area contributed by atoms with Crippen LogP contribution < -0.4 is 10.5 Å². The maximum atomic E-state index is 14.7. The summed E-state index contributed by atoms with van der Waals surface area (Å²) >= 11 is 0. The lowest BCUT2D eigenvalue weighted by molar-refractivity contribution is -0.384. The quantitative estimate of drug-likeness (QED) is 0.514. The number of carbonyl (C=O) groups is 1. The van der Waals surface area contributed by atoms with Crippen molar-refractivity contribution in [1.82, 2.24) is 4.90 Å². The summed E-state index contributed by atoms with van der Waals surface area (Å²) in [7, 11) is -4.10. The number of nitro benzene ring substituents is 1. The van der Waals surface area contributed by atoms with Crippen LogP contribution in [0.15, 0.2) is 23.1 Å². The second-order valence-corrected chi connectivity index (χ2v) is 7.32. The number of hydrogen-bond acceptors (Lipinski definition) is 6. The van der Waals surface area contributed by atoms with Crippen molar-refractivity contribution in [3.63, 3.8) is 0 Å². The van der Waals surface area contributed by atoms with Gasteiger partial charge in [0.1, 0.15) is 11.4 Å². The number of carboxylic acid groups (broad SMARTS) is 1. The van der Waals surface area contributed by atoms with Gasteiger partial charge in [-0.2, -0.15) is 0 Å². The van der Waals surface area contributed by atoms with E-state index in [9.17, 15) is 27.7 Å². The number of piperidine rings is 1. The lowest BCUT2D eigenvalue weighted by Gasteiger charge is -2.35. The number of rotatable bonds is 5. The van der Waals surface area contributed by atoms with E-state index in [2.05, 4.69) is 5.32 Å². The van der Waals surface area contributed by atoms with Crippen LogP contribution in [-0.2, 0) is 10.0 Å². The summed E-state index contributed by atoms with van der Waals surface area (Å²) in [6, 6.07) is 3.03. The zero-order valence-corrected chi connectivity index (χ0v) is 13.8. The van der Waals surface area contributed by atoms with Gasteiger partial charge < -0.3 is 15.3 Å². The third-order valence-electron chi connectivity index (χ3n) is 4.02. The van der Waals surface area contributed by atoms with Crippen molar-refractivity contribution in [3.05, 3.63) is 28.3 Å². The second-order valence-electron chi connectivity index (χ2n) is 5.76. The van der Waals surface area contributed by atoms with E-state index in [4.69, 9.17) is 10.2 Å². The molecule has 0 aromatic heterocycles. The van der Waals surface area contributed by atoms with Crippen molar-refractivity contribution >= 4 is 27.5 Å². The molecule has 1 aliphatic rings. The molecule has 0 radical (unpaired) electrons. The van der Waals surface area contributed by atoms with E-state index in [1.807, 2.05) is 0 Å². The number of primary sulfonamides is 1. The second kappa shape index (κ2) is 6.80. The van der Waals surface area contributed by atoms with E-state index in [-0.39, 0.29) is 38.2 Å². The molecule has 4 N–H and O–H groups in total. The maximum Gasteiger partial charge on any atom is 0.407 e. The van der Waals surface area contributed by atoms with Gasteiger partial charge >= 0.3 is 6.09 Å². The predicted octanol–water partition coefficient (Wildman–Crippen LogP) is 1.14. The summed E-state index contributed by atoms with van der Waals surface area (Å²) in [6.45, 7) is -0.212. The molecule has 10 nitrogen and oxygen atoms in total. The number of hydrogen-bond donors (Lipinski definition) is 3. The lowest BCUT2D eigenvalue weighted by atomic mass is 9.93. The van der Waals surface area contributed by atoms with Crippen molar-refractivity contribution in [2.45, 2.75) is 23.4 Å². The van der Waals surface area contributed by atoms with Crippen LogP contribution in [0, 0.1) is 10.1 Å². The summed E-state index contributed by atoms with van der Waals surface area (Å²) in [5.41, 5.74) is -2.31. The monoisotopic (exact) mass is 376 g/mol. The number of halogens is 1. The Labute approximate surface area is 142 Å². The van der Waals surface area contributed by atoms with Gasteiger partial charge in [0.15, 0.2) is 0 Å². The predicted molar refractivity (Wildman–Crippen MR) is 85.6 cm³/mol. The Morgan fingerprint density at radius 1 is 1.44 bits per heavy atom. The Balaban J connectivity index is 2.13. The van der Waals surface area contributed by atoms with E-state index in [0.29, 0.717) is 0 Å². The molecule has 0 saturated carbocycles. The number of sulfonamides is 1. The molecule has 1 aliphatic heterocycles. The molecular weight excluding hydrogens is 359 g/mol. The molecule has 1 fully saturated rings. The zero-order valence-electron chi connectivity index (χ0n) is 13.0. The first kappa shape index (κ1) is 18.9. The first-order chi connectivity index (χ1) is 11.5. The van der Waals surface area contributed by atoms with Crippen molar-refractivity contribution < 1.29 is 27.6 Å². The Morgan fingerprint density at radius 3 is 2.52 bits per heavy atom. The van der Waals surface area contributed by atoms with Gasteiger partial charge in [-0.25, -0.2) is 22.7 Å². The summed E-state index contributed by atoms with van der Waals surface area (Å²) < 4.78 is 37.3. The molecule has 1 heterocycles. The molecule has 0 unspecified atom stereocenters. The molecule has 2 rings (SSSR count). The average molecular weight is 376 g/mol. The van der Waals surface area contributed by atoms with Crippen LogP contribution in [0.3, 0.4) is 0 Å². The SMILES string of the molecule is NS(=O)(=O)c1ccc(NCC2(F)CCN(C(=O)O)CC2)c([N+](=O)[O-])c1. The highest BCUT2D eigenvalue weighted by atomic mass is 32.2. The lowest BCUT2D eigenvalue weighted by Crippen LogP contribution is -2.47. The summed E-state index contributed by atoms with van der Waals surface area (Å²) in [5, 5.41) is 27.5. The number of nitrogens with two attached hydrogens (primary N) is 1. The normalized spacial score (nSPS) is 17.1. The molecule has 0 atom stereocenters. The standard InChI is InChI=1S/C13H17FN4O6S/c14-13(3-5-17(6-4-13)12(19)20)8-16-10-2-1-9(25(15,23)24)7-11(10)18(21)22/h1-2,7,16H,3-6,8H2,(H,19,20)(H2,15,23,24). The molecule has 138 valence electrons. The molecule has 1 saturated heterocycles. The van der Waals surface area contributed by atoms with Gasteiger partial charge in [0.05, 0.1) is 9.82 Å². The van der Waals surface area contributed by atoms with Crippen molar-refractivity contribution in [3.8, 4) is 0 Å². The van der Waals surface area contributed by atoms with Gasteiger partial charge in [-0.15, -0.1) is 0 Å². The molecular formula is C13H17FN4O6S. The summed E-state index contributed by atoms with van der Waals surface area (Å²) in [4.78, 5) is 21.8. The van der Waals surface area contributed by atoms with Crippen LogP contribution >= 0.6 is 0 Å². The molecule has 0 aliphatic carbocycles. The number of amides is 1. The van der Waals surface area contributed by atoms with Gasteiger partial charge in [-0.3, -0.25) is 10.1 Å². The molecule has 0 bridgehead atoms. The van der Waals surface area contributed by atoms with Crippen LogP contribution in [0.5, 0.6) is 0 Å². The van der Waals surface area contributed by atoms with Gasteiger partial charge in [0, 0.05) is 38.5 Å². The highest BCUT2D eigenvalue weighted by Crippen LogP contribution is 2.31. The topological polar surface area (TPSA) is 156 Å². The van der Waals surface area contributed by atoms with Crippen molar-refractivity contribution in [2.75, 3.05) is 25.0 Å². The number of benzene rings is 1. The fraction of sp³-hybridized carbons (Fsp3) is 0.462. The fourth-order valence-electron chi connectivity index (χ4n) is 2.52. The van der Waals surface area contributed by atoms with E-state index in [1.165, 1.54) is 0 Å². The average Bonchev–Trinajstić information content (AvgIpc) is 2.52. The van der Waals surface area contributed by atoms with Crippen LogP contribution in [-0.4, -0.2) is 54.7 Å². The molecule has 0 spiro atoms. The number of likely N-dealkylation sites (tertiary alicyclic amines) is 1. The Kier molecular flexibility index (Phi) is 5.13. The smallest absolute Gasteiger partial charge is 0.407 e. The van der Waals surface area contributed by atoms with Gasteiger partial charge in [0.2, 0.25) is 10.0 Å². The fourth-order valence-corrected chi connectivity index (χ4v) is 3.05. The zero-order chi connectivity index (χ0) is 18.8. The maximum absolute atomic E-state index is 14.7. The van der Waals surface area contributed by atoms with Crippen LogP contribution in [0.2, 0.25) is 0 Å². The summed E-state index contributed by atoms with van der Waals surface area (Å²) in [6.07, 6.45) is -1.21. The Hall–Kier alpha value is -2.47. The minimum absolute atomic E-state index is 0.0277.